The van der Waals surface area contributed by atoms with Crippen LogP contribution in [0.2, 0.25) is 0 Å². The van der Waals surface area contributed by atoms with Gasteiger partial charge in [-0.1, -0.05) is 20.8 Å². The molecule has 1 aliphatic heterocycles. The first-order valence-electron chi connectivity index (χ1n) is 7.81. The number of rotatable bonds is 4. The Hall–Kier alpha value is -1.07. The van der Waals surface area contributed by atoms with Crippen LogP contribution in [0.1, 0.15) is 44.5 Å². The third-order valence-electron chi connectivity index (χ3n) is 4.85. The smallest absolute Gasteiger partial charge is 0.216 e. The van der Waals surface area contributed by atoms with Gasteiger partial charge in [-0.3, -0.25) is 4.90 Å². The third-order valence-corrected chi connectivity index (χ3v) is 4.85. The second kappa shape index (κ2) is 5.97. The van der Waals surface area contributed by atoms with Crippen molar-refractivity contribution < 1.29 is 4.74 Å². The Labute approximate surface area is 128 Å². The first kappa shape index (κ1) is 16.3. The van der Waals surface area contributed by atoms with Gasteiger partial charge in [0.15, 0.2) is 0 Å². The van der Waals surface area contributed by atoms with Gasteiger partial charge in [-0.2, -0.15) is 5.10 Å². The molecule has 1 aromatic rings. The number of hydrogen-bond acceptors (Lipinski definition) is 4. The fourth-order valence-electron chi connectivity index (χ4n) is 3.51. The molecule has 120 valence electrons. The molecule has 1 aromatic heterocycles. The standard InChI is InChI=1S/C16H30N4O/c1-11-14(15(21-6)19(5)18-11)13(9-17)20-8-7-12(10-20)16(2,3)4/h12-13H,7-10,17H2,1-6H3. The molecule has 0 bridgehead atoms. The van der Waals surface area contributed by atoms with E-state index in [9.17, 15) is 0 Å². The molecule has 0 radical (unpaired) electrons. The molecular formula is C16H30N4O. The molecule has 2 heterocycles. The van der Waals surface area contributed by atoms with Crippen molar-refractivity contribution in [2.75, 3.05) is 26.7 Å². The van der Waals surface area contributed by atoms with Crippen LogP contribution in [0.3, 0.4) is 0 Å². The first-order chi connectivity index (χ1) is 9.79. The maximum absolute atomic E-state index is 6.11. The quantitative estimate of drug-likeness (QED) is 0.924. The second-order valence-corrected chi connectivity index (χ2v) is 7.23. The summed E-state index contributed by atoms with van der Waals surface area (Å²) in [6.45, 7) is 11.8. The van der Waals surface area contributed by atoms with Gasteiger partial charge in [0.2, 0.25) is 5.88 Å². The average molecular weight is 294 g/mol. The van der Waals surface area contributed by atoms with Crippen LogP contribution in [0.4, 0.5) is 0 Å². The Morgan fingerprint density at radius 1 is 1.43 bits per heavy atom. The molecule has 2 atom stereocenters. The minimum Gasteiger partial charge on any atom is -0.481 e. The van der Waals surface area contributed by atoms with Crippen molar-refractivity contribution in [1.29, 1.82) is 0 Å². The molecule has 0 aliphatic carbocycles. The highest BCUT2D eigenvalue weighted by Crippen LogP contribution is 2.39. The summed E-state index contributed by atoms with van der Waals surface area (Å²) in [6, 6.07) is 0.195. The maximum Gasteiger partial charge on any atom is 0.216 e. The zero-order chi connectivity index (χ0) is 15.8. The molecule has 5 heteroatoms. The van der Waals surface area contributed by atoms with Crippen molar-refractivity contribution in [3.05, 3.63) is 11.3 Å². The highest BCUT2D eigenvalue weighted by molar-refractivity contribution is 5.34. The Kier molecular flexibility index (Phi) is 4.63. The van der Waals surface area contributed by atoms with Gasteiger partial charge in [-0.05, 0) is 31.2 Å². The van der Waals surface area contributed by atoms with Crippen molar-refractivity contribution in [2.45, 2.75) is 40.2 Å². The van der Waals surface area contributed by atoms with E-state index in [2.05, 4.69) is 30.8 Å². The average Bonchev–Trinajstić information content (AvgIpc) is 2.96. The topological polar surface area (TPSA) is 56.3 Å². The van der Waals surface area contributed by atoms with Crippen LogP contribution in [0.15, 0.2) is 0 Å². The van der Waals surface area contributed by atoms with Crippen LogP contribution in [0.25, 0.3) is 0 Å². The lowest BCUT2D eigenvalue weighted by Crippen LogP contribution is -2.34. The largest absolute Gasteiger partial charge is 0.481 e. The number of hydrogen-bond donors (Lipinski definition) is 1. The molecule has 1 fully saturated rings. The summed E-state index contributed by atoms with van der Waals surface area (Å²) < 4.78 is 7.36. The Balaban J connectivity index is 2.26. The van der Waals surface area contributed by atoms with E-state index in [-0.39, 0.29) is 6.04 Å². The van der Waals surface area contributed by atoms with Gasteiger partial charge in [0.25, 0.3) is 0 Å². The molecule has 0 saturated carbocycles. The SMILES string of the molecule is COc1c(C(CN)N2CCC(C(C)(C)C)C2)c(C)nn1C. The number of aryl methyl sites for hydroxylation is 2. The maximum atomic E-state index is 6.11. The van der Waals surface area contributed by atoms with Crippen LogP contribution >= 0.6 is 0 Å². The molecular weight excluding hydrogens is 264 g/mol. The van der Waals surface area contributed by atoms with Crippen molar-refractivity contribution in [1.82, 2.24) is 14.7 Å². The van der Waals surface area contributed by atoms with Crippen molar-refractivity contribution in [3.8, 4) is 5.88 Å². The number of methoxy groups -OCH3 is 1. The van der Waals surface area contributed by atoms with Crippen LogP contribution < -0.4 is 10.5 Å². The summed E-state index contributed by atoms with van der Waals surface area (Å²) >= 11 is 0. The van der Waals surface area contributed by atoms with Gasteiger partial charge in [0.05, 0.1) is 24.4 Å². The van der Waals surface area contributed by atoms with Gasteiger partial charge in [0, 0.05) is 20.1 Å². The lowest BCUT2D eigenvalue weighted by Gasteiger charge is -2.30. The number of likely N-dealkylation sites (tertiary alicyclic amines) is 1. The zero-order valence-electron chi connectivity index (χ0n) is 14.3. The Morgan fingerprint density at radius 2 is 2.10 bits per heavy atom. The van der Waals surface area contributed by atoms with E-state index >= 15 is 0 Å². The Bertz CT molecular complexity index is 489. The van der Waals surface area contributed by atoms with E-state index in [1.807, 2.05) is 18.7 Å². The molecule has 0 aromatic carbocycles. The number of nitrogens with zero attached hydrogens (tertiary/aromatic N) is 3. The molecule has 5 nitrogen and oxygen atoms in total. The number of aromatic nitrogens is 2. The van der Waals surface area contributed by atoms with Crippen LogP contribution in [0.5, 0.6) is 5.88 Å². The van der Waals surface area contributed by atoms with Crippen molar-refractivity contribution in [2.24, 2.45) is 24.1 Å². The van der Waals surface area contributed by atoms with Crippen molar-refractivity contribution in [3.63, 3.8) is 0 Å². The van der Waals surface area contributed by atoms with Crippen molar-refractivity contribution >= 4 is 0 Å². The van der Waals surface area contributed by atoms with Gasteiger partial charge in [-0.15, -0.1) is 0 Å². The zero-order valence-corrected chi connectivity index (χ0v) is 14.3. The number of nitrogens with two attached hydrogens (primary N) is 1. The van der Waals surface area contributed by atoms with E-state index in [0.717, 1.165) is 36.1 Å². The first-order valence-corrected chi connectivity index (χ1v) is 7.81. The van der Waals surface area contributed by atoms with Gasteiger partial charge >= 0.3 is 0 Å². The molecule has 0 amide bonds. The van der Waals surface area contributed by atoms with E-state index in [0.29, 0.717) is 12.0 Å². The van der Waals surface area contributed by atoms with E-state index < -0.39 is 0 Å². The molecule has 2 unspecified atom stereocenters. The van der Waals surface area contributed by atoms with Crippen LogP contribution in [-0.2, 0) is 7.05 Å². The normalized spacial score (nSPS) is 21.8. The lowest BCUT2D eigenvalue weighted by molar-refractivity contribution is 0.194. The van der Waals surface area contributed by atoms with E-state index in [1.54, 1.807) is 7.11 Å². The predicted molar refractivity (Wildman–Crippen MR) is 85.4 cm³/mol. The molecule has 1 aliphatic rings. The van der Waals surface area contributed by atoms with Gasteiger partial charge < -0.3 is 10.5 Å². The fraction of sp³-hybridized carbons (Fsp3) is 0.812. The highest BCUT2D eigenvalue weighted by Gasteiger charge is 2.36. The minimum absolute atomic E-state index is 0.195. The third kappa shape index (κ3) is 3.09. The van der Waals surface area contributed by atoms with Crippen LogP contribution in [-0.4, -0.2) is 41.4 Å². The molecule has 2 rings (SSSR count). The van der Waals surface area contributed by atoms with E-state index in [1.165, 1.54) is 6.42 Å². The monoisotopic (exact) mass is 294 g/mol. The Morgan fingerprint density at radius 3 is 2.57 bits per heavy atom. The molecule has 2 N–H and O–H groups in total. The van der Waals surface area contributed by atoms with Gasteiger partial charge in [0.1, 0.15) is 0 Å². The number of ether oxygens (including phenoxy) is 1. The highest BCUT2D eigenvalue weighted by atomic mass is 16.5. The second-order valence-electron chi connectivity index (χ2n) is 7.23. The minimum atomic E-state index is 0.195. The summed E-state index contributed by atoms with van der Waals surface area (Å²) in [4.78, 5) is 2.50. The molecule has 0 spiro atoms. The predicted octanol–water partition coefficient (Wildman–Crippen LogP) is 2.10. The summed E-state index contributed by atoms with van der Waals surface area (Å²) in [5.41, 5.74) is 8.62. The molecule has 1 saturated heterocycles. The van der Waals surface area contributed by atoms with Crippen LogP contribution in [0, 0.1) is 18.3 Å². The summed E-state index contributed by atoms with van der Waals surface area (Å²) in [7, 11) is 3.63. The molecule has 21 heavy (non-hydrogen) atoms. The fourth-order valence-corrected chi connectivity index (χ4v) is 3.51. The summed E-state index contributed by atoms with van der Waals surface area (Å²) in [5, 5.41) is 4.50. The van der Waals surface area contributed by atoms with Gasteiger partial charge in [-0.25, -0.2) is 4.68 Å². The van der Waals surface area contributed by atoms with E-state index in [4.69, 9.17) is 10.5 Å². The lowest BCUT2D eigenvalue weighted by atomic mass is 9.80. The summed E-state index contributed by atoms with van der Waals surface area (Å²) in [5.74, 6) is 1.55. The summed E-state index contributed by atoms with van der Waals surface area (Å²) in [6.07, 6.45) is 1.24.